The molecule has 0 unspecified atom stereocenters. The molecule has 0 spiro atoms. The number of aromatic hydroxyl groups is 2. The van der Waals surface area contributed by atoms with E-state index in [2.05, 4.69) is 5.32 Å². The Balaban J connectivity index is 2.51. The van der Waals surface area contributed by atoms with Crippen LogP contribution in [0.2, 0.25) is 0 Å². The summed E-state index contributed by atoms with van der Waals surface area (Å²) < 4.78 is 0. The maximum Gasteiger partial charge on any atom is 0.251 e. The van der Waals surface area contributed by atoms with Crippen LogP contribution in [0.15, 0.2) is 18.2 Å². The van der Waals surface area contributed by atoms with Crippen LogP contribution in [-0.2, 0) is 11.2 Å². The first-order valence-electron chi connectivity index (χ1n) is 6.89. The lowest BCUT2D eigenvalue weighted by Gasteiger charge is -2.24. The Morgan fingerprint density at radius 3 is 2.35 bits per heavy atom. The Hall–Kier alpha value is -1.91. The van der Waals surface area contributed by atoms with Crippen LogP contribution in [0.5, 0.6) is 11.5 Å². The number of carbonyl (C=O) groups excluding carboxylic acids is 1. The summed E-state index contributed by atoms with van der Waals surface area (Å²) in [6.45, 7) is -0.860. The van der Waals surface area contributed by atoms with Crippen molar-refractivity contribution in [3.05, 3.63) is 23.8 Å². The zero-order valence-electron chi connectivity index (χ0n) is 12.2. The second kappa shape index (κ2) is 8.65. The molecular formula is C14H21NO8. The molecule has 23 heavy (non-hydrogen) atoms. The molecule has 130 valence electrons. The molecule has 8 N–H and O–H groups in total. The van der Waals surface area contributed by atoms with E-state index in [1.165, 1.54) is 18.2 Å². The summed E-state index contributed by atoms with van der Waals surface area (Å²) >= 11 is 0. The summed E-state index contributed by atoms with van der Waals surface area (Å²) in [4.78, 5) is 11.7. The van der Waals surface area contributed by atoms with E-state index >= 15 is 0 Å². The lowest BCUT2D eigenvalue weighted by molar-refractivity contribution is -0.148. The minimum absolute atomic E-state index is 0.0156. The molecule has 9 nitrogen and oxygen atoms in total. The van der Waals surface area contributed by atoms with E-state index in [4.69, 9.17) is 10.2 Å². The molecule has 0 heterocycles. The van der Waals surface area contributed by atoms with E-state index in [-0.39, 0.29) is 24.5 Å². The molecule has 0 aliphatic carbocycles. The first-order chi connectivity index (χ1) is 10.8. The van der Waals surface area contributed by atoms with Gasteiger partial charge in [0.1, 0.15) is 29.8 Å². The van der Waals surface area contributed by atoms with E-state index in [0.29, 0.717) is 5.56 Å². The highest BCUT2D eigenvalue weighted by Crippen LogP contribution is 2.22. The van der Waals surface area contributed by atoms with Gasteiger partial charge >= 0.3 is 0 Å². The van der Waals surface area contributed by atoms with Crippen molar-refractivity contribution >= 4 is 5.91 Å². The van der Waals surface area contributed by atoms with E-state index in [9.17, 15) is 30.3 Å². The third-order valence-electron chi connectivity index (χ3n) is 3.28. The van der Waals surface area contributed by atoms with Crippen LogP contribution in [0.3, 0.4) is 0 Å². The quantitative estimate of drug-likeness (QED) is 0.236. The zero-order chi connectivity index (χ0) is 17.6. The number of carbonyl (C=O) groups is 1. The number of phenols is 2. The topological polar surface area (TPSA) is 171 Å². The van der Waals surface area contributed by atoms with Gasteiger partial charge < -0.3 is 41.1 Å². The summed E-state index contributed by atoms with van der Waals surface area (Å²) in [6, 6.07) is 3.90. The van der Waals surface area contributed by atoms with Crippen molar-refractivity contribution in [1.29, 1.82) is 0 Å². The fourth-order valence-corrected chi connectivity index (χ4v) is 1.87. The van der Waals surface area contributed by atoms with E-state index < -0.39 is 36.9 Å². The van der Waals surface area contributed by atoms with Crippen molar-refractivity contribution < 1.29 is 40.5 Å². The average molecular weight is 331 g/mol. The molecule has 0 bridgehead atoms. The van der Waals surface area contributed by atoms with Crippen LogP contribution >= 0.6 is 0 Å². The lowest BCUT2D eigenvalue weighted by Crippen LogP contribution is -2.51. The first kappa shape index (κ1) is 19.1. The van der Waals surface area contributed by atoms with Gasteiger partial charge in [0.2, 0.25) is 0 Å². The molecule has 0 saturated carbocycles. The number of nitrogens with one attached hydrogen (secondary N) is 1. The highest BCUT2D eigenvalue weighted by Gasteiger charge is 2.33. The first-order valence-corrected chi connectivity index (χ1v) is 6.89. The molecule has 0 aromatic heterocycles. The van der Waals surface area contributed by atoms with Crippen molar-refractivity contribution in [2.24, 2.45) is 0 Å². The fourth-order valence-electron chi connectivity index (χ4n) is 1.87. The molecule has 1 amide bonds. The van der Waals surface area contributed by atoms with E-state index in [1.54, 1.807) is 0 Å². The number of phenolic OH excluding ortho intramolecular Hbond substituents is 2. The zero-order valence-corrected chi connectivity index (χ0v) is 12.2. The molecule has 0 aliphatic heterocycles. The SMILES string of the molecule is O=C(NCCc1cc(O)ccc1O)[C@H](O)[C@@H](O)[C@@H](O)[C@H](O)CO. The summed E-state index contributed by atoms with van der Waals surface area (Å²) in [5.41, 5.74) is 0.371. The van der Waals surface area contributed by atoms with E-state index in [1.807, 2.05) is 0 Å². The van der Waals surface area contributed by atoms with Gasteiger partial charge in [0.25, 0.3) is 5.91 Å². The van der Waals surface area contributed by atoms with E-state index in [0.717, 1.165) is 0 Å². The number of benzene rings is 1. The molecule has 0 saturated heterocycles. The molecule has 0 aliphatic rings. The molecule has 0 radical (unpaired) electrons. The van der Waals surface area contributed by atoms with Crippen molar-refractivity contribution in [2.75, 3.05) is 13.2 Å². The summed E-state index contributed by atoms with van der Waals surface area (Å²) in [5.74, 6) is -1.12. The van der Waals surface area contributed by atoms with Gasteiger partial charge in [-0.2, -0.15) is 0 Å². The normalized spacial score (nSPS) is 16.4. The molecule has 9 heteroatoms. The predicted molar refractivity (Wildman–Crippen MR) is 77.6 cm³/mol. The van der Waals surface area contributed by atoms with Gasteiger partial charge in [0, 0.05) is 6.54 Å². The Morgan fingerprint density at radius 1 is 1.09 bits per heavy atom. The van der Waals surface area contributed by atoms with Crippen molar-refractivity contribution in [1.82, 2.24) is 5.32 Å². The summed E-state index contributed by atoms with van der Waals surface area (Å²) in [7, 11) is 0. The van der Waals surface area contributed by atoms with Crippen LogP contribution in [0.25, 0.3) is 0 Å². The van der Waals surface area contributed by atoms with Gasteiger partial charge in [-0.15, -0.1) is 0 Å². The van der Waals surface area contributed by atoms with Crippen LogP contribution in [0.1, 0.15) is 5.56 Å². The molecule has 0 fully saturated rings. The Kier molecular flexibility index (Phi) is 7.20. The number of hydrogen-bond acceptors (Lipinski definition) is 8. The van der Waals surface area contributed by atoms with Crippen LogP contribution in [0.4, 0.5) is 0 Å². The number of aliphatic hydroxyl groups excluding tert-OH is 5. The van der Waals surface area contributed by atoms with Gasteiger partial charge in [0.15, 0.2) is 6.10 Å². The maximum atomic E-state index is 11.7. The van der Waals surface area contributed by atoms with Gasteiger partial charge in [0.05, 0.1) is 6.61 Å². The third-order valence-corrected chi connectivity index (χ3v) is 3.28. The molecule has 1 rings (SSSR count). The number of rotatable bonds is 8. The smallest absolute Gasteiger partial charge is 0.251 e. The lowest BCUT2D eigenvalue weighted by atomic mass is 10.0. The monoisotopic (exact) mass is 331 g/mol. The third kappa shape index (κ3) is 5.34. The summed E-state index contributed by atoms with van der Waals surface area (Å²) in [5, 5.41) is 67.5. The standard InChI is InChI=1S/C14H21NO8/c16-6-10(19)11(20)12(21)13(22)14(23)15-4-3-7-5-8(17)1-2-9(7)18/h1-2,5,10-13,16-22H,3-4,6H2,(H,15,23)/t10-,11+,12+,13-/m1/s1. The van der Waals surface area contributed by atoms with Crippen molar-refractivity contribution in [2.45, 2.75) is 30.8 Å². The minimum atomic E-state index is -2.01. The largest absolute Gasteiger partial charge is 0.508 e. The second-order valence-corrected chi connectivity index (χ2v) is 5.03. The van der Waals surface area contributed by atoms with Crippen LogP contribution in [-0.4, -0.2) is 79.2 Å². The fraction of sp³-hybridized carbons (Fsp3) is 0.500. The molecule has 1 aromatic rings. The molecule has 4 atom stereocenters. The Bertz CT molecular complexity index is 523. The molecular weight excluding hydrogens is 310 g/mol. The predicted octanol–water partition coefficient (Wildman–Crippen LogP) is -2.81. The molecule has 1 aromatic carbocycles. The van der Waals surface area contributed by atoms with Gasteiger partial charge in [-0.1, -0.05) is 0 Å². The number of aliphatic hydroxyl groups is 5. The van der Waals surface area contributed by atoms with Gasteiger partial charge in [-0.05, 0) is 30.2 Å². The second-order valence-electron chi connectivity index (χ2n) is 5.03. The maximum absolute atomic E-state index is 11.7. The van der Waals surface area contributed by atoms with Crippen molar-refractivity contribution in [3.8, 4) is 11.5 Å². The minimum Gasteiger partial charge on any atom is -0.508 e. The number of amides is 1. The Morgan fingerprint density at radius 2 is 1.74 bits per heavy atom. The highest BCUT2D eigenvalue weighted by atomic mass is 16.4. The summed E-state index contributed by atoms with van der Waals surface area (Å²) in [6.07, 6.45) is -7.43. The Labute approximate surface area is 132 Å². The van der Waals surface area contributed by atoms with Gasteiger partial charge in [-0.25, -0.2) is 0 Å². The average Bonchev–Trinajstić information content (AvgIpc) is 2.54. The van der Waals surface area contributed by atoms with Crippen LogP contribution < -0.4 is 5.32 Å². The van der Waals surface area contributed by atoms with Crippen LogP contribution in [0, 0.1) is 0 Å². The van der Waals surface area contributed by atoms with Gasteiger partial charge in [-0.3, -0.25) is 4.79 Å². The number of hydrogen-bond donors (Lipinski definition) is 8. The van der Waals surface area contributed by atoms with Crippen molar-refractivity contribution in [3.63, 3.8) is 0 Å². The highest BCUT2D eigenvalue weighted by molar-refractivity contribution is 5.81.